The first-order chi connectivity index (χ1) is 11.3. The van der Waals surface area contributed by atoms with E-state index in [1.165, 1.54) is 56.6 Å². The lowest BCUT2D eigenvalue weighted by atomic mass is 9.79. The van der Waals surface area contributed by atoms with Crippen LogP contribution in [0.15, 0.2) is 42.7 Å². The number of rotatable bonds is 4. The van der Waals surface area contributed by atoms with Gasteiger partial charge in [-0.3, -0.25) is 9.58 Å². The number of nitrogens with zero attached hydrogens (tertiary/aromatic N) is 3. The highest BCUT2D eigenvalue weighted by atomic mass is 15.3. The topological polar surface area (TPSA) is 33.1 Å². The summed E-state index contributed by atoms with van der Waals surface area (Å²) in [7, 11) is 0. The predicted octanol–water partition coefficient (Wildman–Crippen LogP) is 2.51. The minimum Gasteiger partial charge on any atom is -0.316 e. The molecular formula is C19H26N4. The van der Waals surface area contributed by atoms with Gasteiger partial charge in [0.1, 0.15) is 0 Å². The number of nitrogens with one attached hydrogen (secondary N) is 1. The third kappa shape index (κ3) is 3.48. The fourth-order valence-electron chi connectivity index (χ4n) is 4.25. The van der Waals surface area contributed by atoms with Crippen LogP contribution in [0.3, 0.4) is 0 Å². The second-order valence-corrected chi connectivity index (χ2v) is 7.26. The first kappa shape index (κ1) is 14.9. The maximum absolute atomic E-state index is 4.30. The molecule has 0 unspecified atom stereocenters. The average Bonchev–Trinajstić information content (AvgIpc) is 3.20. The summed E-state index contributed by atoms with van der Waals surface area (Å²) < 4.78 is 1.99. The van der Waals surface area contributed by atoms with Crippen LogP contribution < -0.4 is 5.32 Å². The van der Waals surface area contributed by atoms with E-state index in [0.717, 1.165) is 13.1 Å². The molecule has 1 spiro atoms. The summed E-state index contributed by atoms with van der Waals surface area (Å²) in [6, 6.07) is 11.0. The highest BCUT2D eigenvalue weighted by Crippen LogP contribution is 2.35. The highest BCUT2D eigenvalue weighted by molar-refractivity contribution is 5.23. The van der Waals surface area contributed by atoms with E-state index in [1.54, 1.807) is 0 Å². The maximum Gasteiger partial charge on any atom is 0.0659 e. The minimum atomic E-state index is 0.547. The molecule has 4 nitrogen and oxygen atoms in total. The molecule has 0 bridgehead atoms. The maximum atomic E-state index is 4.30. The Bertz CT molecular complexity index is 629. The predicted molar refractivity (Wildman–Crippen MR) is 92.2 cm³/mol. The van der Waals surface area contributed by atoms with Crippen molar-refractivity contribution in [2.75, 3.05) is 26.2 Å². The van der Waals surface area contributed by atoms with Crippen molar-refractivity contribution in [3.63, 3.8) is 0 Å². The van der Waals surface area contributed by atoms with Gasteiger partial charge >= 0.3 is 0 Å². The molecule has 122 valence electrons. The van der Waals surface area contributed by atoms with Gasteiger partial charge in [-0.2, -0.15) is 5.10 Å². The summed E-state index contributed by atoms with van der Waals surface area (Å²) in [5.74, 6) is 0. The Morgan fingerprint density at radius 3 is 2.83 bits per heavy atom. The van der Waals surface area contributed by atoms with Gasteiger partial charge in [-0.15, -0.1) is 0 Å². The smallest absolute Gasteiger partial charge is 0.0659 e. The Morgan fingerprint density at radius 2 is 2.04 bits per heavy atom. The van der Waals surface area contributed by atoms with Crippen LogP contribution in [0.1, 0.15) is 30.4 Å². The molecule has 2 saturated heterocycles. The van der Waals surface area contributed by atoms with Crippen LogP contribution in [-0.2, 0) is 13.1 Å². The highest BCUT2D eigenvalue weighted by Gasteiger charge is 2.37. The molecule has 2 fully saturated rings. The second-order valence-electron chi connectivity index (χ2n) is 7.26. The summed E-state index contributed by atoms with van der Waals surface area (Å²) in [5, 5.41) is 7.87. The SMILES string of the molecule is c1cc(CN2CCC[C@@]3(CCNC3)C2)cc(Cn2cccn2)c1. The van der Waals surface area contributed by atoms with Gasteiger partial charge in [-0.25, -0.2) is 0 Å². The van der Waals surface area contributed by atoms with Crippen molar-refractivity contribution < 1.29 is 0 Å². The molecule has 0 amide bonds. The van der Waals surface area contributed by atoms with E-state index in [2.05, 4.69) is 39.6 Å². The van der Waals surface area contributed by atoms with Gasteiger partial charge in [0.25, 0.3) is 0 Å². The zero-order valence-electron chi connectivity index (χ0n) is 13.7. The molecular weight excluding hydrogens is 284 g/mol. The quantitative estimate of drug-likeness (QED) is 0.942. The third-order valence-corrected chi connectivity index (χ3v) is 5.37. The van der Waals surface area contributed by atoms with Gasteiger partial charge in [-0.1, -0.05) is 24.3 Å². The van der Waals surface area contributed by atoms with E-state index in [-0.39, 0.29) is 0 Å². The van der Waals surface area contributed by atoms with Crippen LogP contribution in [0.25, 0.3) is 0 Å². The summed E-state index contributed by atoms with van der Waals surface area (Å²) in [6.45, 7) is 6.84. The zero-order valence-corrected chi connectivity index (χ0v) is 13.7. The minimum absolute atomic E-state index is 0.547. The lowest BCUT2D eigenvalue weighted by Crippen LogP contribution is -2.44. The van der Waals surface area contributed by atoms with E-state index in [0.29, 0.717) is 5.41 Å². The van der Waals surface area contributed by atoms with Crippen molar-refractivity contribution in [3.05, 3.63) is 53.9 Å². The molecule has 1 aromatic heterocycles. The van der Waals surface area contributed by atoms with Gasteiger partial charge in [-0.05, 0) is 55.0 Å². The van der Waals surface area contributed by atoms with Gasteiger partial charge in [0, 0.05) is 32.0 Å². The Hall–Kier alpha value is -1.65. The van der Waals surface area contributed by atoms with Crippen molar-refractivity contribution >= 4 is 0 Å². The molecule has 4 rings (SSSR count). The largest absolute Gasteiger partial charge is 0.316 e. The van der Waals surface area contributed by atoms with Crippen LogP contribution in [-0.4, -0.2) is 40.9 Å². The lowest BCUT2D eigenvalue weighted by molar-refractivity contribution is 0.0978. The van der Waals surface area contributed by atoms with Crippen molar-refractivity contribution in [1.29, 1.82) is 0 Å². The molecule has 1 aromatic carbocycles. The molecule has 0 saturated carbocycles. The van der Waals surface area contributed by atoms with Crippen LogP contribution >= 0.6 is 0 Å². The summed E-state index contributed by atoms with van der Waals surface area (Å²) in [4.78, 5) is 2.66. The normalized spacial score (nSPS) is 25.2. The summed E-state index contributed by atoms with van der Waals surface area (Å²) in [5.41, 5.74) is 3.31. The van der Waals surface area contributed by atoms with Crippen LogP contribution in [0.4, 0.5) is 0 Å². The standard InChI is InChI=1S/C19H26N4/c1-4-17(12-18(5-1)14-23-11-3-8-21-23)13-22-10-2-6-19(16-22)7-9-20-15-19/h1,3-5,8,11-12,20H,2,6-7,9-10,13-16H2/t19-/m0/s1. The molecule has 2 aliphatic rings. The molecule has 1 N–H and O–H groups in total. The molecule has 1 atom stereocenters. The number of benzene rings is 1. The monoisotopic (exact) mass is 310 g/mol. The number of hydrogen-bond donors (Lipinski definition) is 1. The van der Waals surface area contributed by atoms with Crippen molar-refractivity contribution in [2.24, 2.45) is 5.41 Å². The van der Waals surface area contributed by atoms with Crippen LogP contribution in [0, 0.1) is 5.41 Å². The summed E-state index contributed by atoms with van der Waals surface area (Å²) >= 11 is 0. The van der Waals surface area contributed by atoms with E-state index in [1.807, 2.05) is 23.1 Å². The van der Waals surface area contributed by atoms with Crippen molar-refractivity contribution in [2.45, 2.75) is 32.4 Å². The first-order valence-corrected chi connectivity index (χ1v) is 8.80. The number of aromatic nitrogens is 2. The molecule has 23 heavy (non-hydrogen) atoms. The van der Waals surface area contributed by atoms with Gasteiger partial charge < -0.3 is 5.32 Å². The number of likely N-dealkylation sites (tertiary alicyclic amines) is 1. The van der Waals surface area contributed by atoms with E-state index >= 15 is 0 Å². The number of hydrogen-bond acceptors (Lipinski definition) is 3. The van der Waals surface area contributed by atoms with Gasteiger partial charge in [0.2, 0.25) is 0 Å². The Morgan fingerprint density at radius 1 is 1.13 bits per heavy atom. The Kier molecular flexibility index (Phi) is 4.19. The third-order valence-electron chi connectivity index (χ3n) is 5.37. The Balaban J connectivity index is 1.42. The molecule has 2 aromatic rings. The van der Waals surface area contributed by atoms with E-state index in [9.17, 15) is 0 Å². The Labute approximate surface area is 138 Å². The van der Waals surface area contributed by atoms with Gasteiger partial charge in [0.15, 0.2) is 0 Å². The van der Waals surface area contributed by atoms with Crippen LogP contribution in [0.5, 0.6) is 0 Å². The summed E-state index contributed by atoms with van der Waals surface area (Å²) in [6.07, 6.45) is 7.95. The second kappa shape index (κ2) is 6.46. The van der Waals surface area contributed by atoms with Crippen molar-refractivity contribution in [3.8, 4) is 0 Å². The molecule has 3 heterocycles. The van der Waals surface area contributed by atoms with Crippen LogP contribution in [0.2, 0.25) is 0 Å². The fraction of sp³-hybridized carbons (Fsp3) is 0.526. The number of piperidine rings is 1. The zero-order chi connectivity index (χ0) is 15.5. The van der Waals surface area contributed by atoms with Crippen molar-refractivity contribution in [1.82, 2.24) is 20.0 Å². The first-order valence-electron chi connectivity index (χ1n) is 8.80. The lowest BCUT2D eigenvalue weighted by Gasteiger charge is -2.40. The molecule has 0 radical (unpaired) electrons. The fourth-order valence-corrected chi connectivity index (χ4v) is 4.25. The van der Waals surface area contributed by atoms with Gasteiger partial charge in [0.05, 0.1) is 6.54 Å². The van der Waals surface area contributed by atoms with E-state index < -0.39 is 0 Å². The molecule has 4 heteroatoms. The van der Waals surface area contributed by atoms with E-state index in [4.69, 9.17) is 0 Å². The average molecular weight is 310 g/mol. The molecule has 2 aliphatic heterocycles. The molecule has 0 aliphatic carbocycles.